The molecule has 0 bridgehead atoms. The summed E-state index contributed by atoms with van der Waals surface area (Å²) in [5, 5.41) is 17.0. The molecule has 0 aromatic heterocycles. The highest BCUT2D eigenvalue weighted by Crippen LogP contribution is 2.14. The molecule has 160 valence electrons. The maximum absolute atomic E-state index is 10.4. The van der Waals surface area contributed by atoms with Gasteiger partial charge in [0.1, 0.15) is 0 Å². The third-order valence-corrected chi connectivity index (χ3v) is 5.54. The molecular formula is C22H39IN4O. The van der Waals surface area contributed by atoms with Crippen molar-refractivity contribution in [3.8, 4) is 0 Å². The molecule has 0 spiro atoms. The lowest BCUT2D eigenvalue weighted by Crippen LogP contribution is -2.46. The highest BCUT2D eigenvalue weighted by atomic mass is 127. The molecule has 0 unspecified atom stereocenters. The zero-order chi connectivity index (χ0) is 19.5. The fourth-order valence-corrected chi connectivity index (χ4v) is 3.39. The van der Waals surface area contributed by atoms with Crippen molar-refractivity contribution in [2.24, 2.45) is 4.99 Å². The van der Waals surface area contributed by atoms with Gasteiger partial charge in [0, 0.05) is 19.6 Å². The van der Waals surface area contributed by atoms with E-state index in [2.05, 4.69) is 51.7 Å². The van der Waals surface area contributed by atoms with Crippen LogP contribution in [0, 0.1) is 0 Å². The van der Waals surface area contributed by atoms with Gasteiger partial charge < -0.3 is 15.7 Å². The third kappa shape index (κ3) is 8.66. The summed E-state index contributed by atoms with van der Waals surface area (Å²) in [6.07, 6.45) is 5.50. The first-order valence-corrected chi connectivity index (χ1v) is 10.6. The van der Waals surface area contributed by atoms with E-state index in [1.807, 2.05) is 13.8 Å². The van der Waals surface area contributed by atoms with Crippen molar-refractivity contribution < 1.29 is 5.11 Å². The van der Waals surface area contributed by atoms with Gasteiger partial charge in [0.2, 0.25) is 0 Å². The number of benzene rings is 1. The number of aliphatic hydroxyl groups is 1. The smallest absolute Gasteiger partial charge is 0.191 e. The lowest BCUT2D eigenvalue weighted by Gasteiger charge is -2.26. The van der Waals surface area contributed by atoms with E-state index in [1.165, 1.54) is 43.5 Å². The second kappa shape index (κ2) is 13.4. The minimum absolute atomic E-state index is 0. The van der Waals surface area contributed by atoms with Crippen LogP contribution in [-0.4, -0.2) is 47.7 Å². The molecule has 0 amide bonds. The number of likely N-dealkylation sites (tertiary alicyclic amines) is 1. The number of hydrogen-bond acceptors (Lipinski definition) is 3. The average molecular weight is 502 g/mol. The van der Waals surface area contributed by atoms with E-state index in [4.69, 9.17) is 0 Å². The van der Waals surface area contributed by atoms with Crippen LogP contribution in [0.1, 0.15) is 64.0 Å². The number of hydrogen-bond donors (Lipinski definition) is 3. The van der Waals surface area contributed by atoms with E-state index in [9.17, 15) is 5.11 Å². The summed E-state index contributed by atoms with van der Waals surface area (Å²) in [5.41, 5.74) is 1.91. The number of rotatable bonds is 9. The Balaban J connectivity index is 0.00000392. The molecule has 0 aliphatic carbocycles. The van der Waals surface area contributed by atoms with Crippen molar-refractivity contribution in [1.29, 1.82) is 0 Å². The minimum Gasteiger partial charge on any atom is -0.388 e. The van der Waals surface area contributed by atoms with Crippen LogP contribution in [0.5, 0.6) is 0 Å². The first kappa shape index (κ1) is 25.2. The molecule has 3 N–H and O–H groups in total. The molecule has 1 aliphatic rings. The van der Waals surface area contributed by atoms with Gasteiger partial charge in [0.15, 0.2) is 5.96 Å². The van der Waals surface area contributed by atoms with Gasteiger partial charge in [-0.3, -0.25) is 4.90 Å². The topological polar surface area (TPSA) is 59.9 Å². The van der Waals surface area contributed by atoms with Crippen molar-refractivity contribution in [3.63, 3.8) is 0 Å². The molecule has 0 atom stereocenters. The molecule has 0 radical (unpaired) electrons. The molecule has 1 aromatic carbocycles. The zero-order valence-corrected chi connectivity index (χ0v) is 20.2. The normalized spacial score (nSPS) is 15.8. The van der Waals surface area contributed by atoms with Gasteiger partial charge in [-0.2, -0.15) is 0 Å². The maximum Gasteiger partial charge on any atom is 0.191 e. The Morgan fingerprint density at radius 1 is 1.00 bits per heavy atom. The van der Waals surface area contributed by atoms with Crippen molar-refractivity contribution in [2.45, 2.75) is 71.6 Å². The van der Waals surface area contributed by atoms with Gasteiger partial charge in [-0.15, -0.1) is 24.0 Å². The number of halogens is 1. The van der Waals surface area contributed by atoms with Crippen LogP contribution >= 0.6 is 24.0 Å². The van der Waals surface area contributed by atoms with Crippen LogP contribution in [-0.2, 0) is 13.1 Å². The summed E-state index contributed by atoms with van der Waals surface area (Å²) in [6, 6.07) is 8.82. The molecular weight excluding hydrogens is 463 g/mol. The standard InChI is InChI=1S/C22H38N4O.HI/c1-4-22(27,5-2)18-25-21(23-6-3)24-16-19-10-12-20(13-11-19)17-26-14-8-7-9-15-26;/h10-13,27H,4-9,14-18H2,1-3H3,(H2,23,24,25);1H. The van der Waals surface area contributed by atoms with E-state index in [1.54, 1.807) is 0 Å². The first-order chi connectivity index (χ1) is 13.1. The number of nitrogens with one attached hydrogen (secondary N) is 2. The fraction of sp³-hybridized carbons (Fsp3) is 0.682. The molecule has 5 nitrogen and oxygen atoms in total. The predicted molar refractivity (Wildman–Crippen MR) is 129 cm³/mol. The van der Waals surface area contributed by atoms with Gasteiger partial charge in [-0.25, -0.2) is 4.99 Å². The van der Waals surface area contributed by atoms with Crippen LogP contribution < -0.4 is 10.6 Å². The SMILES string of the molecule is CCNC(=NCc1ccc(CN2CCCCC2)cc1)NCC(O)(CC)CC.I. The van der Waals surface area contributed by atoms with Gasteiger partial charge in [-0.05, 0) is 56.8 Å². The quantitative estimate of drug-likeness (QED) is 0.273. The van der Waals surface area contributed by atoms with Crippen LogP contribution in [0.3, 0.4) is 0 Å². The van der Waals surface area contributed by atoms with E-state index in [-0.39, 0.29) is 24.0 Å². The molecule has 1 aliphatic heterocycles. The minimum atomic E-state index is -0.674. The summed E-state index contributed by atoms with van der Waals surface area (Å²) >= 11 is 0. The molecule has 1 aromatic rings. The summed E-state index contributed by atoms with van der Waals surface area (Å²) < 4.78 is 0. The van der Waals surface area contributed by atoms with E-state index >= 15 is 0 Å². The van der Waals surface area contributed by atoms with Crippen LogP contribution in [0.2, 0.25) is 0 Å². The van der Waals surface area contributed by atoms with Crippen LogP contribution in [0.4, 0.5) is 0 Å². The summed E-state index contributed by atoms with van der Waals surface area (Å²) in [7, 11) is 0. The lowest BCUT2D eigenvalue weighted by molar-refractivity contribution is 0.0367. The van der Waals surface area contributed by atoms with E-state index in [0.29, 0.717) is 13.1 Å². The van der Waals surface area contributed by atoms with Crippen molar-refractivity contribution in [2.75, 3.05) is 26.2 Å². The summed E-state index contributed by atoms with van der Waals surface area (Å²) in [6.45, 7) is 11.5. The van der Waals surface area contributed by atoms with E-state index < -0.39 is 5.60 Å². The Morgan fingerprint density at radius 2 is 1.61 bits per heavy atom. The van der Waals surface area contributed by atoms with Crippen LogP contribution in [0.15, 0.2) is 29.3 Å². The van der Waals surface area contributed by atoms with Gasteiger partial charge in [0.25, 0.3) is 0 Å². The highest BCUT2D eigenvalue weighted by molar-refractivity contribution is 14.0. The molecule has 1 heterocycles. The predicted octanol–water partition coefficient (Wildman–Crippen LogP) is 3.90. The summed E-state index contributed by atoms with van der Waals surface area (Å²) in [4.78, 5) is 7.22. The number of aliphatic imine (C=N–C) groups is 1. The number of piperidine rings is 1. The average Bonchev–Trinajstić information content (AvgIpc) is 2.71. The van der Waals surface area contributed by atoms with E-state index in [0.717, 1.165) is 31.9 Å². The van der Waals surface area contributed by atoms with Gasteiger partial charge in [-0.1, -0.05) is 44.5 Å². The third-order valence-electron chi connectivity index (χ3n) is 5.54. The first-order valence-electron chi connectivity index (χ1n) is 10.6. The number of guanidine groups is 1. The molecule has 6 heteroatoms. The molecule has 0 saturated carbocycles. The molecule has 1 saturated heterocycles. The van der Waals surface area contributed by atoms with Crippen molar-refractivity contribution in [3.05, 3.63) is 35.4 Å². The Kier molecular flexibility index (Phi) is 12.0. The Labute approximate surface area is 188 Å². The number of nitrogens with zero attached hydrogens (tertiary/aromatic N) is 2. The molecule has 1 fully saturated rings. The second-order valence-corrected chi connectivity index (χ2v) is 7.63. The van der Waals surface area contributed by atoms with Gasteiger partial charge >= 0.3 is 0 Å². The highest BCUT2D eigenvalue weighted by Gasteiger charge is 2.22. The van der Waals surface area contributed by atoms with Gasteiger partial charge in [0.05, 0.1) is 12.1 Å². The molecule has 2 rings (SSSR count). The van der Waals surface area contributed by atoms with Crippen molar-refractivity contribution >= 4 is 29.9 Å². The fourth-order valence-electron chi connectivity index (χ4n) is 3.39. The Morgan fingerprint density at radius 3 is 2.18 bits per heavy atom. The summed E-state index contributed by atoms with van der Waals surface area (Å²) in [5.74, 6) is 0.759. The van der Waals surface area contributed by atoms with Crippen LogP contribution in [0.25, 0.3) is 0 Å². The largest absolute Gasteiger partial charge is 0.388 e. The molecule has 28 heavy (non-hydrogen) atoms. The maximum atomic E-state index is 10.4. The lowest BCUT2D eigenvalue weighted by atomic mass is 9.98. The second-order valence-electron chi connectivity index (χ2n) is 7.63. The monoisotopic (exact) mass is 502 g/mol. The Bertz CT molecular complexity index is 566. The Hall–Kier alpha value is -0.860. The van der Waals surface area contributed by atoms with Crippen molar-refractivity contribution in [1.82, 2.24) is 15.5 Å². The zero-order valence-electron chi connectivity index (χ0n) is 17.8.